The maximum absolute atomic E-state index is 6.04. The van der Waals surface area contributed by atoms with Gasteiger partial charge < -0.3 is 19.7 Å². The Kier molecular flexibility index (Phi) is 4.43. The van der Waals surface area contributed by atoms with Crippen LogP contribution in [0.3, 0.4) is 0 Å². The molecule has 2 atom stereocenters. The number of nitrogens with zero attached hydrogens (tertiary/aromatic N) is 1. The van der Waals surface area contributed by atoms with Gasteiger partial charge in [-0.1, -0.05) is 12.1 Å². The van der Waals surface area contributed by atoms with Gasteiger partial charge in [-0.3, -0.25) is 0 Å². The van der Waals surface area contributed by atoms with E-state index in [9.17, 15) is 0 Å². The molecule has 2 aliphatic heterocycles. The van der Waals surface area contributed by atoms with Crippen molar-refractivity contribution in [3.63, 3.8) is 0 Å². The molecule has 4 heteroatoms. The van der Waals surface area contributed by atoms with E-state index in [-0.39, 0.29) is 6.10 Å². The Bertz CT molecular complexity index is 432. The molecule has 2 fully saturated rings. The Morgan fingerprint density at radius 2 is 2.05 bits per heavy atom. The summed E-state index contributed by atoms with van der Waals surface area (Å²) in [5, 5.41) is 3.38. The number of hydrogen-bond acceptors (Lipinski definition) is 4. The summed E-state index contributed by atoms with van der Waals surface area (Å²) in [6.45, 7) is 6.95. The van der Waals surface area contributed by atoms with E-state index >= 15 is 0 Å². The van der Waals surface area contributed by atoms with Crippen molar-refractivity contribution in [1.29, 1.82) is 0 Å². The average Bonchev–Trinajstić information content (AvgIpc) is 2.92. The average molecular weight is 276 g/mol. The molecule has 1 aromatic carbocycles. The molecule has 1 N–H and O–H groups in total. The lowest BCUT2D eigenvalue weighted by Crippen LogP contribution is -2.43. The molecular weight excluding hydrogens is 252 g/mol. The zero-order chi connectivity index (χ0) is 13.8. The van der Waals surface area contributed by atoms with Crippen molar-refractivity contribution in [2.24, 2.45) is 0 Å². The topological polar surface area (TPSA) is 33.7 Å². The van der Waals surface area contributed by atoms with Crippen LogP contribution in [0.1, 0.15) is 19.8 Å². The van der Waals surface area contributed by atoms with E-state index in [0.717, 1.165) is 44.8 Å². The quantitative estimate of drug-likeness (QED) is 0.912. The molecule has 0 aromatic heterocycles. The third kappa shape index (κ3) is 3.25. The highest BCUT2D eigenvalue weighted by atomic mass is 16.5. The van der Waals surface area contributed by atoms with Crippen molar-refractivity contribution >= 4 is 5.69 Å². The minimum absolute atomic E-state index is 0.251. The van der Waals surface area contributed by atoms with E-state index in [2.05, 4.69) is 35.3 Å². The monoisotopic (exact) mass is 276 g/mol. The van der Waals surface area contributed by atoms with Gasteiger partial charge in [-0.2, -0.15) is 0 Å². The summed E-state index contributed by atoms with van der Waals surface area (Å²) in [5.74, 6) is 0.984. The Morgan fingerprint density at radius 1 is 1.25 bits per heavy atom. The van der Waals surface area contributed by atoms with E-state index in [0.29, 0.717) is 12.7 Å². The zero-order valence-electron chi connectivity index (χ0n) is 12.2. The highest BCUT2D eigenvalue weighted by molar-refractivity contribution is 5.58. The second-order valence-electron chi connectivity index (χ2n) is 5.66. The molecule has 3 rings (SSSR count). The molecule has 110 valence electrons. The van der Waals surface area contributed by atoms with Gasteiger partial charge in [0, 0.05) is 26.2 Å². The largest absolute Gasteiger partial charge is 0.489 e. The lowest BCUT2D eigenvalue weighted by atomic mass is 10.2. The molecule has 2 unspecified atom stereocenters. The van der Waals surface area contributed by atoms with Gasteiger partial charge in [0.2, 0.25) is 0 Å². The van der Waals surface area contributed by atoms with E-state index in [1.807, 2.05) is 6.07 Å². The molecule has 0 aliphatic carbocycles. The van der Waals surface area contributed by atoms with E-state index < -0.39 is 0 Å². The standard InChI is InChI=1S/C16H24N2O2/c1-13-6-7-14(20-13)12-19-16-5-3-2-4-15(16)18-10-8-17-9-11-18/h2-5,13-14,17H,6-12H2,1H3. The van der Waals surface area contributed by atoms with Crippen molar-refractivity contribution in [2.75, 3.05) is 37.7 Å². The Morgan fingerprint density at radius 3 is 2.80 bits per heavy atom. The van der Waals surface area contributed by atoms with Crippen LogP contribution in [0.2, 0.25) is 0 Å². The van der Waals surface area contributed by atoms with Gasteiger partial charge >= 0.3 is 0 Å². The minimum atomic E-state index is 0.251. The van der Waals surface area contributed by atoms with Crippen molar-refractivity contribution in [1.82, 2.24) is 5.32 Å². The predicted molar refractivity (Wildman–Crippen MR) is 80.6 cm³/mol. The summed E-state index contributed by atoms with van der Waals surface area (Å²) in [6, 6.07) is 8.34. The van der Waals surface area contributed by atoms with E-state index in [1.165, 1.54) is 5.69 Å². The Labute approximate surface area is 121 Å². The van der Waals surface area contributed by atoms with Gasteiger partial charge in [0.1, 0.15) is 12.4 Å². The van der Waals surface area contributed by atoms with Crippen molar-refractivity contribution < 1.29 is 9.47 Å². The maximum atomic E-state index is 6.04. The van der Waals surface area contributed by atoms with E-state index in [4.69, 9.17) is 9.47 Å². The molecule has 0 spiro atoms. The summed E-state index contributed by atoms with van der Waals surface area (Å²) in [4.78, 5) is 2.39. The number of benzene rings is 1. The zero-order valence-corrected chi connectivity index (χ0v) is 12.2. The number of hydrogen-bond donors (Lipinski definition) is 1. The van der Waals surface area contributed by atoms with Crippen LogP contribution in [-0.4, -0.2) is 45.0 Å². The predicted octanol–water partition coefficient (Wildman–Crippen LogP) is 2.04. The summed E-state index contributed by atoms with van der Waals surface area (Å²) < 4.78 is 11.9. The second kappa shape index (κ2) is 6.46. The van der Waals surface area contributed by atoms with Crippen LogP contribution < -0.4 is 15.0 Å². The normalized spacial score (nSPS) is 26.8. The first kappa shape index (κ1) is 13.7. The third-order valence-electron chi connectivity index (χ3n) is 4.07. The van der Waals surface area contributed by atoms with E-state index in [1.54, 1.807) is 0 Å². The fraction of sp³-hybridized carbons (Fsp3) is 0.625. The fourth-order valence-electron chi connectivity index (χ4n) is 2.94. The van der Waals surface area contributed by atoms with Gasteiger partial charge in [-0.05, 0) is 31.9 Å². The van der Waals surface area contributed by atoms with Crippen molar-refractivity contribution in [3.8, 4) is 5.75 Å². The number of anilines is 1. The van der Waals surface area contributed by atoms with Crippen LogP contribution in [0.15, 0.2) is 24.3 Å². The highest BCUT2D eigenvalue weighted by Gasteiger charge is 2.23. The highest BCUT2D eigenvalue weighted by Crippen LogP contribution is 2.29. The van der Waals surface area contributed by atoms with Crippen LogP contribution in [0.25, 0.3) is 0 Å². The summed E-state index contributed by atoms with van der Waals surface area (Å²) in [5.41, 5.74) is 1.21. The molecule has 0 saturated carbocycles. The Balaban J connectivity index is 1.63. The van der Waals surface area contributed by atoms with Crippen LogP contribution >= 0.6 is 0 Å². The molecule has 2 aliphatic rings. The molecule has 0 amide bonds. The molecular formula is C16H24N2O2. The van der Waals surface area contributed by atoms with Crippen molar-refractivity contribution in [3.05, 3.63) is 24.3 Å². The van der Waals surface area contributed by atoms with Gasteiger partial charge in [-0.25, -0.2) is 0 Å². The van der Waals surface area contributed by atoms with Gasteiger partial charge in [-0.15, -0.1) is 0 Å². The van der Waals surface area contributed by atoms with Crippen molar-refractivity contribution in [2.45, 2.75) is 32.0 Å². The molecule has 0 bridgehead atoms. The first-order chi connectivity index (χ1) is 9.83. The number of piperazine rings is 1. The first-order valence-electron chi connectivity index (χ1n) is 7.66. The second-order valence-corrected chi connectivity index (χ2v) is 5.66. The number of nitrogens with one attached hydrogen (secondary N) is 1. The molecule has 2 saturated heterocycles. The molecule has 1 aromatic rings. The summed E-state index contributed by atoms with van der Waals surface area (Å²) >= 11 is 0. The van der Waals surface area contributed by atoms with Crippen LogP contribution in [0.4, 0.5) is 5.69 Å². The lowest BCUT2D eigenvalue weighted by molar-refractivity contribution is 0.0265. The molecule has 0 radical (unpaired) electrons. The maximum Gasteiger partial charge on any atom is 0.142 e. The SMILES string of the molecule is CC1CCC(COc2ccccc2N2CCNCC2)O1. The van der Waals surface area contributed by atoms with Gasteiger partial charge in [0.25, 0.3) is 0 Å². The van der Waals surface area contributed by atoms with Gasteiger partial charge in [0.15, 0.2) is 0 Å². The number of rotatable bonds is 4. The Hall–Kier alpha value is -1.26. The molecule has 20 heavy (non-hydrogen) atoms. The molecule has 2 heterocycles. The van der Waals surface area contributed by atoms with Gasteiger partial charge in [0.05, 0.1) is 17.9 Å². The summed E-state index contributed by atoms with van der Waals surface area (Å²) in [7, 11) is 0. The van der Waals surface area contributed by atoms with Crippen LogP contribution in [0.5, 0.6) is 5.75 Å². The smallest absolute Gasteiger partial charge is 0.142 e. The molecule has 4 nitrogen and oxygen atoms in total. The lowest BCUT2D eigenvalue weighted by Gasteiger charge is -2.31. The first-order valence-corrected chi connectivity index (χ1v) is 7.66. The number of ether oxygens (including phenoxy) is 2. The summed E-state index contributed by atoms with van der Waals surface area (Å²) in [6.07, 6.45) is 2.89. The number of para-hydroxylation sites is 2. The third-order valence-corrected chi connectivity index (χ3v) is 4.07. The van der Waals surface area contributed by atoms with Crippen LogP contribution in [0, 0.1) is 0 Å². The minimum Gasteiger partial charge on any atom is -0.489 e. The fourth-order valence-corrected chi connectivity index (χ4v) is 2.94. The van der Waals surface area contributed by atoms with Crippen LogP contribution in [-0.2, 0) is 4.74 Å².